The first-order chi connectivity index (χ1) is 12.2. The van der Waals surface area contributed by atoms with Crippen LogP contribution < -0.4 is 15.4 Å². The molecule has 5 nitrogen and oxygen atoms in total. The lowest BCUT2D eigenvalue weighted by Gasteiger charge is -2.12. The fourth-order valence-electron chi connectivity index (χ4n) is 2.98. The molecule has 25 heavy (non-hydrogen) atoms. The Balaban J connectivity index is 1.58. The van der Waals surface area contributed by atoms with Gasteiger partial charge in [0.25, 0.3) is 0 Å². The van der Waals surface area contributed by atoms with Gasteiger partial charge in [-0.3, -0.25) is 0 Å². The van der Waals surface area contributed by atoms with Crippen LogP contribution in [0, 0.1) is 0 Å². The molecule has 0 saturated heterocycles. The molecule has 0 unspecified atom stereocenters. The number of urea groups is 1. The van der Waals surface area contributed by atoms with E-state index in [0.717, 1.165) is 29.0 Å². The average Bonchev–Trinajstić information content (AvgIpc) is 3.39. The lowest BCUT2D eigenvalue weighted by Crippen LogP contribution is -2.31. The summed E-state index contributed by atoms with van der Waals surface area (Å²) in [7, 11) is 1.67. The van der Waals surface area contributed by atoms with Crippen molar-refractivity contribution in [2.75, 3.05) is 19.0 Å². The molecule has 3 rings (SSSR count). The fourth-order valence-corrected chi connectivity index (χ4v) is 2.98. The zero-order chi connectivity index (χ0) is 17.6. The maximum Gasteiger partial charge on any atom is 0.319 e. The molecule has 1 aliphatic rings. The summed E-state index contributed by atoms with van der Waals surface area (Å²) in [6, 6.07) is 15.6. The average molecular weight is 340 g/mol. The standard InChI is InChI=1S/C20H24N2O3/c1-3-25-13-14-8-4-6-10-17(14)21-20(23)22-18-12-16(18)15-9-5-7-11-19(15)24-2/h4-11,16,18H,3,12-13H2,1-2H3,(H2,21,22,23)/t16-,18+/m0/s1. The van der Waals surface area contributed by atoms with Crippen molar-refractivity contribution in [3.63, 3.8) is 0 Å². The third kappa shape index (κ3) is 4.31. The second kappa shape index (κ2) is 8.03. The van der Waals surface area contributed by atoms with Crippen molar-refractivity contribution in [2.24, 2.45) is 0 Å². The Bertz CT molecular complexity index is 732. The molecule has 1 saturated carbocycles. The van der Waals surface area contributed by atoms with Gasteiger partial charge in [-0.2, -0.15) is 0 Å². The number of hydrogen-bond acceptors (Lipinski definition) is 3. The number of benzene rings is 2. The van der Waals surface area contributed by atoms with Gasteiger partial charge in [-0.15, -0.1) is 0 Å². The van der Waals surface area contributed by atoms with E-state index < -0.39 is 0 Å². The van der Waals surface area contributed by atoms with Crippen molar-refractivity contribution in [3.8, 4) is 5.75 Å². The van der Waals surface area contributed by atoms with Crippen LogP contribution in [0.2, 0.25) is 0 Å². The van der Waals surface area contributed by atoms with Gasteiger partial charge in [0, 0.05) is 29.8 Å². The van der Waals surface area contributed by atoms with Crippen LogP contribution in [0.3, 0.4) is 0 Å². The van der Waals surface area contributed by atoms with Gasteiger partial charge in [0.05, 0.1) is 13.7 Å². The van der Waals surface area contributed by atoms with Gasteiger partial charge in [0.2, 0.25) is 0 Å². The van der Waals surface area contributed by atoms with E-state index >= 15 is 0 Å². The first kappa shape index (κ1) is 17.3. The molecule has 2 aromatic carbocycles. The summed E-state index contributed by atoms with van der Waals surface area (Å²) in [5.41, 5.74) is 2.89. The van der Waals surface area contributed by atoms with E-state index in [1.165, 1.54) is 0 Å². The summed E-state index contributed by atoms with van der Waals surface area (Å²) in [6.07, 6.45) is 0.925. The van der Waals surface area contributed by atoms with Crippen molar-refractivity contribution in [2.45, 2.75) is 31.9 Å². The molecule has 0 aromatic heterocycles. The van der Waals surface area contributed by atoms with Gasteiger partial charge in [-0.1, -0.05) is 36.4 Å². The van der Waals surface area contributed by atoms with Gasteiger partial charge >= 0.3 is 6.03 Å². The molecule has 2 N–H and O–H groups in total. The van der Waals surface area contributed by atoms with Gasteiger partial charge < -0.3 is 20.1 Å². The largest absolute Gasteiger partial charge is 0.496 e. The molecular weight excluding hydrogens is 316 g/mol. The number of nitrogens with one attached hydrogen (secondary N) is 2. The summed E-state index contributed by atoms with van der Waals surface area (Å²) in [5, 5.41) is 5.97. The molecule has 0 spiro atoms. The Kier molecular flexibility index (Phi) is 5.56. The molecule has 2 amide bonds. The predicted octanol–water partition coefficient (Wildman–Crippen LogP) is 3.91. The predicted molar refractivity (Wildman–Crippen MR) is 98.1 cm³/mol. The zero-order valence-electron chi connectivity index (χ0n) is 14.6. The van der Waals surface area contributed by atoms with Crippen LogP contribution in [0.4, 0.5) is 10.5 Å². The summed E-state index contributed by atoms with van der Waals surface area (Å²) in [6.45, 7) is 3.08. The number of anilines is 1. The lowest BCUT2D eigenvalue weighted by molar-refractivity contribution is 0.134. The van der Waals surface area contributed by atoms with Crippen LogP contribution in [0.5, 0.6) is 5.75 Å². The SMILES string of the molecule is CCOCc1ccccc1NC(=O)N[C@@H]1C[C@H]1c1ccccc1OC. The highest BCUT2D eigenvalue weighted by Gasteiger charge is 2.41. The van der Waals surface area contributed by atoms with Crippen LogP contribution in [0.15, 0.2) is 48.5 Å². The van der Waals surface area contributed by atoms with Crippen LogP contribution >= 0.6 is 0 Å². The topological polar surface area (TPSA) is 59.6 Å². The number of hydrogen-bond donors (Lipinski definition) is 2. The maximum absolute atomic E-state index is 12.3. The summed E-state index contributed by atoms with van der Waals surface area (Å²) in [5.74, 6) is 1.18. The van der Waals surface area contributed by atoms with E-state index in [1.807, 2.05) is 49.4 Å². The zero-order valence-corrected chi connectivity index (χ0v) is 14.6. The van der Waals surface area contributed by atoms with Crippen LogP contribution in [0.1, 0.15) is 30.4 Å². The third-order valence-corrected chi connectivity index (χ3v) is 4.37. The molecule has 1 fully saturated rings. The van der Waals surface area contributed by atoms with E-state index in [9.17, 15) is 4.79 Å². The molecular formula is C20H24N2O3. The normalized spacial score (nSPS) is 18.5. The lowest BCUT2D eigenvalue weighted by atomic mass is 10.1. The smallest absolute Gasteiger partial charge is 0.319 e. The molecule has 0 heterocycles. The van der Waals surface area contributed by atoms with E-state index in [1.54, 1.807) is 7.11 Å². The summed E-state index contributed by atoms with van der Waals surface area (Å²) < 4.78 is 10.9. The van der Waals surface area contributed by atoms with Gasteiger partial charge in [-0.25, -0.2) is 4.79 Å². The highest BCUT2D eigenvalue weighted by Crippen LogP contribution is 2.44. The molecule has 0 aliphatic heterocycles. The van der Waals surface area contributed by atoms with E-state index in [-0.39, 0.29) is 12.1 Å². The van der Waals surface area contributed by atoms with E-state index in [2.05, 4.69) is 16.7 Å². The van der Waals surface area contributed by atoms with Crippen LogP contribution in [-0.4, -0.2) is 25.8 Å². The minimum absolute atomic E-state index is 0.135. The molecule has 1 aliphatic carbocycles. The number of rotatable bonds is 7. The monoisotopic (exact) mass is 340 g/mol. The molecule has 0 radical (unpaired) electrons. The number of amides is 2. The summed E-state index contributed by atoms with van der Waals surface area (Å²) >= 11 is 0. The first-order valence-corrected chi connectivity index (χ1v) is 8.59. The van der Waals surface area contributed by atoms with Crippen LogP contribution in [0.25, 0.3) is 0 Å². The van der Waals surface area contributed by atoms with Crippen LogP contribution in [-0.2, 0) is 11.3 Å². The Morgan fingerprint density at radius 3 is 2.72 bits per heavy atom. The first-order valence-electron chi connectivity index (χ1n) is 8.59. The van der Waals surface area contributed by atoms with Gasteiger partial charge in [0.15, 0.2) is 0 Å². The van der Waals surface area contributed by atoms with Crippen molar-refractivity contribution in [1.29, 1.82) is 0 Å². The van der Waals surface area contributed by atoms with E-state index in [4.69, 9.17) is 9.47 Å². The Morgan fingerprint density at radius 2 is 1.92 bits per heavy atom. The fraction of sp³-hybridized carbons (Fsp3) is 0.350. The Morgan fingerprint density at radius 1 is 1.16 bits per heavy atom. The minimum atomic E-state index is -0.189. The van der Waals surface area contributed by atoms with Crippen molar-refractivity contribution in [1.82, 2.24) is 5.32 Å². The third-order valence-electron chi connectivity index (χ3n) is 4.37. The number of para-hydroxylation sites is 2. The molecule has 2 aromatic rings. The maximum atomic E-state index is 12.3. The Hall–Kier alpha value is -2.53. The van der Waals surface area contributed by atoms with Gasteiger partial charge in [0.1, 0.15) is 5.75 Å². The second-order valence-electron chi connectivity index (χ2n) is 6.08. The molecule has 0 bridgehead atoms. The molecule has 132 valence electrons. The van der Waals surface area contributed by atoms with Crippen molar-refractivity contribution < 1.29 is 14.3 Å². The molecule has 5 heteroatoms. The second-order valence-corrected chi connectivity index (χ2v) is 6.08. The number of methoxy groups -OCH3 is 1. The van der Waals surface area contributed by atoms with Gasteiger partial charge in [-0.05, 0) is 31.0 Å². The quantitative estimate of drug-likeness (QED) is 0.803. The minimum Gasteiger partial charge on any atom is -0.496 e. The van der Waals surface area contributed by atoms with Crippen molar-refractivity contribution in [3.05, 3.63) is 59.7 Å². The number of carbonyl (C=O) groups excluding carboxylic acids is 1. The molecule has 2 atom stereocenters. The highest BCUT2D eigenvalue weighted by molar-refractivity contribution is 5.90. The Labute approximate surface area is 148 Å². The number of ether oxygens (including phenoxy) is 2. The van der Waals surface area contributed by atoms with E-state index in [0.29, 0.717) is 19.1 Å². The number of carbonyl (C=O) groups is 1. The van der Waals surface area contributed by atoms with Crippen molar-refractivity contribution >= 4 is 11.7 Å². The highest BCUT2D eigenvalue weighted by atomic mass is 16.5. The summed E-state index contributed by atoms with van der Waals surface area (Å²) in [4.78, 5) is 12.3.